The minimum Gasteiger partial charge on any atom is -0.458 e. The SMILES string of the molecule is Cc1cc2c3c(c1)Oc1c(sc4cc(F)cc(F)c14)B3c1cc3c(cc1O2)N(c1c(F)cccc1F)c1cc(C)cc2c1B3c1cc3c(cc1N2c1c(F)cccc1F)N(c1c(F)cccc1F)c1cc(C)cc2c1B3c1sc3cc(F)cc(F)c3c1O2. The number of nitrogens with zero attached hydrogens (tertiary/aromatic N) is 3. The Balaban J connectivity index is 0.995. The van der Waals surface area contributed by atoms with Crippen molar-refractivity contribution in [2.24, 2.45) is 0 Å². The van der Waals surface area contributed by atoms with Gasteiger partial charge in [-0.3, -0.25) is 0 Å². The van der Waals surface area contributed by atoms with Gasteiger partial charge in [0.15, 0.2) is 0 Å². The van der Waals surface area contributed by atoms with Crippen LogP contribution in [0.2, 0.25) is 0 Å². The molecule has 0 fully saturated rings. The highest BCUT2D eigenvalue weighted by Gasteiger charge is 2.52. The molecular weight excluding hydrogens is 1180 g/mol. The van der Waals surface area contributed by atoms with Crippen molar-refractivity contribution >= 4 is 162 Å². The quantitative estimate of drug-likeness (QED) is 0.130. The Morgan fingerprint density at radius 1 is 0.330 bits per heavy atom. The molecule has 0 saturated carbocycles. The molecule has 12 aromatic rings. The molecule has 21 heteroatoms. The number of halogens is 10. The summed E-state index contributed by atoms with van der Waals surface area (Å²) in [5.41, 5.74) is 4.24. The molecule has 8 heterocycles. The third-order valence-electron chi connectivity index (χ3n) is 17.7. The van der Waals surface area contributed by atoms with Crippen LogP contribution in [0, 0.1) is 78.9 Å². The first-order valence-corrected chi connectivity index (χ1v) is 29.5. The number of para-hydroxylation sites is 3. The predicted molar refractivity (Wildman–Crippen MR) is 329 cm³/mol. The van der Waals surface area contributed by atoms with Crippen LogP contribution in [-0.4, -0.2) is 20.1 Å². The van der Waals surface area contributed by atoms with Crippen molar-refractivity contribution in [3.63, 3.8) is 0 Å². The van der Waals surface area contributed by atoms with Gasteiger partial charge in [-0.25, -0.2) is 43.9 Å². The Bertz CT molecular complexity index is 5230. The summed E-state index contributed by atoms with van der Waals surface area (Å²) >= 11 is 2.20. The number of hydrogen-bond donors (Lipinski definition) is 0. The molecule has 0 amide bonds. The molecule has 0 bridgehead atoms. The minimum atomic E-state index is -1.07. The lowest BCUT2D eigenvalue weighted by Crippen LogP contribution is -2.65. The van der Waals surface area contributed by atoms with Crippen LogP contribution in [0.25, 0.3) is 20.2 Å². The Kier molecular flexibility index (Phi) is 10.4. The van der Waals surface area contributed by atoms with Gasteiger partial charge in [0.05, 0.1) is 10.8 Å². The lowest BCUT2D eigenvalue weighted by atomic mass is 9.30. The first-order valence-electron chi connectivity index (χ1n) is 27.9. The molecule has 424 valence electrons. The number of ether oxygens (including phenoxy) is 3. The van der Waals surface area contributed by atoms with Gasteiger partial charge in [-0.15, -0.1) is 22.7 Å². The monoisotopic (exact) mass is 1210 g/mol. The van der Waals surface area contributed by atoms with E-state index in [2.05, 4.69) is 0 Å². The van der Waals surface area contributed by atoms with Crippen LogP contribution < -0.4 is 76.7 Å². The number of benzene rings is 10. The summed E-state index contributed by atoms with van der Waals surface area (Å²) < 4.78 is 187. The second-order valence-electron chi connectivity index (χ2n) is 22.9. The normalized spacial score (nSPS) is 14.1. The van der Waals surface area contributed by atoms with E-state index in [9.17, 15) is 0 Å². The molecule has 0 spiro atoms. The fourth-order valence-corrected chi connectivity index (χ4v) is 17.1. The Labute approximate surface area is 501 Å². The largest absolute Gasteiger partial charge is 0.458 e. The average Bonchev–Trinajstić information content (AvgIpc) is 1.05. The summed E-state index contributed by atoms with van der Waals surface area (Å²) in [6.07, 6.45) is 0. The van der Waals surface area contributed by atoms with Gasteiger partial charge < -0.3 is 28.9 Å². The first-order chi connectivity index (χ1) is 42.5. The van der Waals surface area contributed by atoms with E-state index < -0.39 is 95.4 Å². The Morgan fingerprint density at radius 3 is 1.18 bits per heavy atom. The Morgan fingerprint density at radius 2 is 0.705 bits per heavy atom. The van der Waals surface area contributed by atoms with E-state index >= 15 is 43.9 Å². The minimum absolute atomic E-state index is 0.00340. The molecule has 18 rings (SSSR count). The molecule has 88 heavy (non-hydrogen) atoms. The summed E-state index contributed by atoms with van der Waals surface area (Å²) in [7, 11) is 0. The standard InChI is InChI=1S/C67H32B3F10N3O3S2/c1-27-13-47-58-48(14-27)83(63-40(77)11-6-12-41(63)78)46-26-50-35(70-60-52(84-50)17-29(3)18-53(60)86-65-57-43(80)20-31(72)22-55(57)88-67(65)70)24-33(46)68(58)32-23-34-45(25-44(32)81(47)61-36(73)7-4-8-37(61)74)82(62-38(75)9-5-10-39(62)76)49-15-28(2)16-51-59(49)69(34)66-64(85-51)56-42(79)19-30(71)21-54(56)87-66/h4-26H,1-3H3. The van der Waals surface area contributed by atoms with Crippen LogP contribution in [0.1, 0.15) is 16.7 Å². The van der Waals surface area contributed by atoms with E-state index in [1.807, 2.05) is 19.1 Å². The second-order valence-corrected chi connectivity index (χ2v) is 25.1. The fourth-order valence-electron chi connectivity index (χ4n) is 14.5. The maximum absolute atomic E-state index is 17.3. The number of hydrogen-bond acceptors (Lipinski definition) is 8. The molecule has 10 aromatic carbocycles. The van der Waals surface area contributed by atoms with Crippen LogP contribution in [0.15, 0.2) is 140 Å². The third kappa shape index (κ3) is 6.82. The molecule has 6 aliphatic heterocycles. The van der Waals surface area contributed by atoms with Gasteiger partial charge in [0.1, 0.15) is 110 Å². The fraction of sp³-hybridized carbons (Fsp3) is 0.0448. The summed E-state index contributed by atoms with van der Waals surface area (Å²) in [6.45, 7) is 2.50. The van der Waals surface area contributed by atoms with E-state index in [1.54, 1.807) is 62.4 Å². The van der Waals surface area contributed by atoms with Crippen molar-refractivity contribution in [3.05, 3.63) is 214 Å². The van der Waals surface area contributed by atoms with Crippen molar-refractivity contribution < 1.29 is 58.1 Å². The lowest BCUT2D eigenvalue weighted by Gasteiger charge is -2.46. The molecular formula is C67H32B3F10N3O3S2. The van der Waals surface area contributed by atoms with Crippen molar-refractivity contribution in [3.8, 4) is 34.5 Å². The molecule has 6 nitrogen and oxygen atoms in total. The van der Waals surface area contributed by atoms with Crippen LogP contribution in [0.3, 0.4) is 0 Å². The maximum atomic E-state index is 17.3. The summed E-state index contributed by atoms with van der Waals surface area (Å²) in [4.78, 5) is 4.21. The zero-order valence-electron chi connectivity index (χ0n) is 45.7. The Hall–Kier alpha value is -9.59. The molecule has 6 aliphatic rings. The van der Waals surface area contributed by atoms with Crippen LogP contribution in [0.5, 0.6) is 34.5 Å². The maximum Gasteiger partial charge on any atom is 0.273 e. The van der Waals surface area contributed by atoms with Crippen LogP contribution >= 0.6 is 22.7 Å². The molecule has 0 radical (unpaired) electrons. The number of fused-ring (bicyclic) bond motifs is 16. The third-order valence-corrected chi connectivity index (χ3v) is 20.1. The molecule has 0 N–H and O–H groups in total. The van der Waals surface area contributed by atoms with Crippen molar-refractivity contribution in [2.45, 2.75) is 20.8 Å². The van der Waals surface area contributed by atoms with Gasteiger partial charge in [0, 0.05) is 76.7 Å². The van der Waals surface area contributed by atoms with E-state index in [0.717, 1.165) is 76.8 Å². The van der Waals surface area contributed by atoms with Gasteiger partial charge in [-0.1, -0.05) is 30.3 Å². The predicted octanol–water partition coefficient (Wildman–Crippen LogP) is 13.6. The molecule has 0 unspecified atom stereocenters. The summed E-state index contributed by atoms with van der Waals surface area (Å²) in [5.74, 6) is -7.79. The number of thiophene rings is 2. The van der Waals surface area contributed by atoms with Crippen molar-refractivity contribution in [1.29, 1.82) is 0 Å². The number of aryl methyl sites for hydroxylation is 3. The van der Waals surface area contributed by atoms with Crippen LogP contribution in [0.4, 0.5) is 95.1 Å². The van der Waals surface area contributed by atoms with E-state index in [0.29, 0.717) is 70.4 Å². The number of rotatable bonds is 3. The highest BCUT2D eigenvalue weighted by atomic mass is 32.1. The van der Waals surface area contributed by atoms with Gasteiger partial charge in [-0.05, 0) is 161 Å². The van der Waals surface area contributed by atoms with E-state index in [-0.39, 0.29) is 77.3 Å². The molecule has 0 saturated heterocycles. The zero-order valence-corrected chi connectivity index (χ0v) is 47.3. The molecule has 2 aromatic heterocycles. The van der Waals surface area contributed by atoms with E-state index in [1.165, 1.54) is 45.0 Å². The second kappa shape index (κ2) is 17.8. The smallest absolute Gasteiger partial charge is 0.273 e. The van der Waals surface area contributed by atoms with Gasteiger partial charge in [0.2, 0.25) is 0 Å². The highest BCUT2D eigenvalue weighted by molar-refractivity contribution is 7.34. The van der Waals surface area contributed by atoms with Crippen molar-refractivity contribution in [2.75, 3.05) is 14.7 Å². The topological polar surface area (TPSA) is 37.4 Å². The van der Waals surface area contributed by atoms with E-state index in [4.69, 9.17) is 14.2 Å². The zero-order chi connectivity index (χ0) is 59.9. The highest BCUT2D eigenvalue weighted by Crippen LogP contribution is 2.52. The summed E-state index contributed by atoms with van der Waals surface area (Å²) in [5, 5.41) is 0.0679. The molecule has 0 aliphatic carbocycles. The van der Waals surface area contributed by atoms with Crippen molar-refractivity contribution in [1.82, 2.24) is 0 Å². The lowest BCUT2D eigenvalue weighted by molar-refractivity contribution is 0.466. The van der Waals surface area contributed by atoms with Gasteiger partial charge in [-0.2, -0.15) is 0 Å². The molecule has 0 atom stereocenters. The van der Waals surface area contributed by atoms with Gasteiger partial charge in [0.25, 0.3) is 20.1 Å². The summed E-state index contributed by atoms with van der Waals surface area (Å²) in [6, 6.07) is 31.7. The van der Waals surface area contributed by atoms with Crippen LogP contribution in [-0.2, 0) is 0 Å². The number of anilines is 9. The van der Waals surface area contributed by atoms with Gasteiger partial charge >= 0.3 is 0 Å². The first kappa shape index (κ1) is 51.6. The average molecular weight is 1210 g/mol.